The summed E-state index contributed by atoms with van der Waals surface area (Å²) in [5.74, 6) is -1.26. The van der Waals surface area contributed by atoms with Gasteiger partial charge in [0.2, 0.25) is 0 Å². The third-order valence-electron chi connectivity index (χ3n) is 2.21. The van der Waals surface area contributed by atoms with E-state index in [2.05, 4.69) is 0 Å². The maximum atomic E-state index is 11.3. The molecule has 0 aliphatic heterocycles. The number of carboxylic acids is 1. The van der Waals surface area contributed by atoms with Crippen LogP contribution in [0.1, 0.15) is 18.1 Å². The highest BCUT2D eigenvalue weighted by atomic mass is 16.5. The molecule has 1 aromatic rings. The van der Waals surface area contributed by atoms with Crippen molar-refractivity contribution in [2.45, 2.75) is 19.8 Å². The monoisotopic (exact) mass is 237 g/mol. The number of hydrogen-bond acceptors (Lipinski definition) is 4. The lowest BCUT2D eigenvalue weighted by Gasteiger charge is -2.07. The molecule has 17 heavy (non-hydrogen) atoms. The summed E-state index contributed by atoms with van der Waals surface area (Å²) in [6.45, 7) is 2.06. The van der Waals surface area contributed by atoms with E-state index in [1.165, 1.54) is 0 Å². The molecule has 0 saturated carbocycles. The van der Waals surface area contributed by atoms with E-state index >= 15 is 0 Å². The fourth-order valence-electron chi connectivity index (χ4n) is 1.46. The molecule has 3 N–H and O–H groups in total. The van der Waals surface area contributed by atoms with Crippen LogP contribution in [0.5, 0.6) is 0 Å². The molecule has 0 unspecified atom stereocenters. The Morgan fingerprint density at radius 2 is 2.06 bits per heavy atom. The second kappa shape index (κ2) is 5.89. The molecular formula is C12H15NO4. The zero-order valence-corrected chi connectivity index (χ0v) is 9.60. The van der Waals surface area contributed by atoms with Crippen LogP contribution >= 0.6 is 0 Å². The lowest BCUT2D eigenvalue weighted by atomic mass is 10.0. The highest BCUT2D eigenvalue weighted by molar-refractivity contribution is 5.75. The fourth-order valence-corrected chi connectivity index (χ4v) is 1.46. The third kappa shape index (κ3) is 4.14. The third-order valence-corrected chi connectivity index (χ3v) is 2.21. The largest absolute Gasteiger partial charge is 0.481 e. The molecule has 0 atom stereocenters. The topological polar surface area (TPSA) is 89.6 Å². The number of nitrogen functional groups attached to an aromatic ring is 1. The van der Waals surface area contributed by atoms with Gasteiger partial charge in [0.05, 0.1) is 19.4 Å². The van der Waals surface area contributed by atoms with Crippen LogP contribution in [0.2, 0.25) is 0 Å². The van der Waals surface area contributed by atoms with Crippen molar-refractivity contribution < 1.29 is 19.4 Å². The van der Waals surface area contributed by atoms with E-state index in [0.717, 1.165) is 0 Å². The summed E-state index contributed by atoms with van der Waals surface area (Å²) in [6.07, 6.45) is 0.0247. The lowest BCUT2D eigenvalue weighted by Crippen LogP contribution is -2.10. The quantitative estimate of drug-likeness (QED) is 0.589. The molecular weight excluding hydrogens is 222 g/mol. The fraction of sp³-hybridized carbons (Fsp3) is 0.333. The van der Waals surface area contributed by atoms with Crippen molar-refractivity contribution in [2.75, 3.05) is 12.3 Å². The number of aliphatic carboxylic acids is 1. The molecule has 0 bridgehead atoms. The number of benzene rings is 1. The van der Waals surface area contributed by atoms with E-state index in [1.54, 1.807) is 25.1 Å². The maximum Gasteiger partial charge on any atom is 0.310 e. The van der Waals surface area contributed by atoms with Gasteiger partial charge in [-0.05, 0) is 24.1 Å². The summed E-state index contributed by atoms with van der Waals surface area (Å²) in [7, 11) is 0. The molecule has 0 amide bonds. The van der Waals surface area contributed by atoms with Crippen molar-refractivity contribution in [2.24, 2.45) is 0 Å². The van der Waals surface area contributed by atoms with Crippen LogP contribution in [0.15, 0.2) is 18.2 Å². The molecule has 0 aliphatic rings. The van der Waals surface area contributed by atoms with Crippen LogP contribution < -0.4 is 5.73 Å². The molecule has 0 spiro atoms. The Kier molecular flexibility index (Phi) is 4.51. The number of carboxylic acid groups (broad SMARTS) is 1. The Morgan fingerprint density at radius 3 is 2.59 bits per heavy atom. The summed E-state index contributed by atoms with van der Waals surface area (Å²) in [5, 5.41) is 8.63. The molecule has 0 radical (unpaired) electrons. The summed E-state index contributed by atoms with van der Waals surface area (Å²) >= 11 is 0. The van der Waals surface area contributed by atoms with Gasteiger partial charge in [-0.25, -0.2) is 0 Å². The van der Waals surface area contributed by atoms with E-state index in [0.29, 0.717) is 23.4 Å². The van der Waals surface area contributed by atoms with Crippen LogP contribution in [0.3, 0.4) is 0 Å². The standard InChI is InChI=1S/C12H15NO4/c1-2-17-12(16)7-9-4-3-8(5-10(9)13)6-11(14)15/h3-5H,2,6-7,13H2,1H3,(H,14,15). The average molecular weight is 237 g/mol. The number of ether oxygens (including phenoxy) is 1. The predicted octanol–water partition coefficient (Wildman–Crippen LogP) is 1.00. The van der Waals surface area contributed by atoms with Crippen LogP contribution in [0.25, 0.3) is 0 Å². The van der Waals surface area contributed by atoms with Crippen LogP contribution in [0.4, 0.5) is 5.69 Å². The van der Waals surface area contributed by atoms with Gasteiger partial charge in [-0.15, -0.1) is 0 Å². The summed E-state index contributed by atoms with van der Waals surface area (Å²) in [5.41, 5.74) is 7.42. The van der Waals surface area contributed by atoms with Gasteiger partial charge < -0.3 is 15.6 Å². The number of hydrogen-bond donors (Lipinski definition) is 2. The number of esters is 1. The van der Waals surface area contributed by atoms with Gasteiger partial charge in [0.25, 0.3) is 0 Å². The molecule has 0 saturated heterocycles. The molecule has 0 aliphatic carbocycles. The summed E-state index contributed by atoms with van der Waals surface area (Å²) < 4.78 is 4.81. The summed E-state index contributed by atoms with van der Waals surface area (Å²) in [4.78, 5) is 21.8. The number of carbonyl (C=O) groups is 2. The van der Waals surface area contributed by atoms with Crippen LogP contribution in [-0.2, 0) is 27.2 Å². The van der Waals surface area contributed by atoms with Crippen molar-refractivity contribution >= 4 is 17.6 Å². The van der Waals surface area contributed by atoms with E-state index in [9.17, 15) is 9.59 Å². The van der Waals surface area contributed by atoms with Crippen molar-refractivity contribution in [3.8, 4) is 0 Å². The maximum absolute atomic E-state index is 11.3. The number of carbonyl (C=O) groups excluding carboxylic acids is 1. The first-order valence-electron chi connectivity index (χ1n) is 5.27. The molecule has 1 aromatic carbocycles. The highest BCUT2D eigenvalue weighted by Gasteiger charge is 2.09. The van der Waals surface area contributed by atoms with Crippen LogP contribution in [-0.4, -0.2) is 23.7 Å². The van der Waals surface area contributed by atoms with Crippen molar-refractivity contribution in [3.63, 3.8) is 0 Å². The first kappa shape index (κ1) is 13.0. The van der Waals surface area contributed by atoms with Crippen molar-refractivity contribution in [3.05, 3.63) is 29.3 Å². The van der Waals surface area contributed by atoms with Crippen molar-refractivity contribution in [1.82, 2.24) is 0 Å². The number of rotatable bonds is 5. The molecule has 5 heteroatoms. The van der Waals surface area contributed by atoms with Gasteiger partial charge in [0.15, 0.2) is 0 Å². The van der Waals surface area contributed by atoms with Gasteiger partial charge in [0, 0.05) is 5.69 Å². The predicted molar refractivity (Wildman–Crippen MR) is 62.5 cm³/mol. The Morgan fingerprint density at radius 1 is 1.35 bits per heavy atom. The Bertz CT molecular complexity index is 429. The minimum absolute atomic E-state index is 0.0795. The zero-order chi connectivity index (χ0) is 12.8. The van der Waals surface area contributed by atoms with Gasteiger partial charge in [-0.3, -0.25) is 9.59 Å². The average Bonchev–Trinajstić information content (AvgIpc) is 2.21. The molecule has 0 fully saturated rings. The van der Waals surface area contributed by atoms with Gasteiger partial charge >= 0.3 is 11.9 Å². The minimum atomic E-state index is -0.914. The second-order valence-electron chi connectivity index (χ2n) is 3.59. The zero-order valence-electron chi connectivity index (χ0n) is 9.60. The molecule has 92 valence electrons. The van der Waals surface area contributed by atoms with E-state index in [4.69, 9.17) is 15.6 Å². The first-order chi connectivity index (χ1) is 8.02. The molecule has 5 nitrogen and oxygen atoms in total. The van der Waals surface area contributed by atoms with Gasteiger partial charge in [0.1, 0.15) is 0 Å². The number of nitrogens with two attached hydrogens (primary N) is 1. The van der Waals surface area contributed by atoms with Crippen LogP contribution in [0, 0.1) is 0 Å². The highest BCUT2D eigenvalue weighted by Crippen LogP contribution is 2.16. The Labute approximate surface area is 99.2 Å². The second-order valence-corrected chi connectivity index (χ2v) is 3.59. The summed E-state index contributed by atoms with van der Waals surface area (Å²) in [6, 6.07) is 4.88. The Balaban J connectivity index is 2.75. The SMILES string of the molecule is CCOC(=O)Cc1ccc(CC(=O)O)cc1N. The smallest absolute Gasteiger partial charge is 0.310 e. The first-order valence-corrected chi connectivity index (χ1v) is 5.27. The Hall–Kier alpha value is -2.04. The van der Waals surface area contributed by atoms with E-state index in [-0.39, 0.29) is 18.8 Å². The van der Waals surface area contributed by atoms with Crippen molar-refractivity contribution in [1.29, 1.82) is 0 Å². The molecule has 0 aromatic heterocycles. The molecule has 0 heterocycles. The molecule has 1 rings (SSSR count). The minimum Gasteiger partial charge on any atom is -0.481 e. The lowest BCUT2D eigenvalue weighted by molar-refractivity contribution is -0.142. The van der Waals surface area contributed by atoms with Gasteiger partial charge in [-0.2, -0.15) is 0 Å². The van der Waals surface area contributed by atoms with E-state index in [1.807, 2.05) is 0 Å². The normalized spacial score (nSPS) is 9.94. The van der Waals surface area contributed by atoms with Gasteiger partial charge in [-0.1, -0.05) is 12.1 Å². The van der Waals surface area contributed by atoms with E-state index < -0.39 is 5.97 Å². The number of anilines is 1.